The molecular formula is C16H14F6N4O. The van der Waals surface area contributed by atoms with Gasteiger partial charge in [-0.05, 0) is 25.0 Å². The zero-order valence-corrected chi connectivity index (χ0v) is 13.7. The summed E-state index contributed by atoms with van der Waals surface area (Å²) in [5.41, 5.74) is -2.52. The number of aromatic nitrogens is 3. The summed E-state index contributed by atoms with van der Waals surface area (Å²) in [7, 11) is 0. The van der Waals surface area contributed by atoms with E-state index in [2.05, 4.69) is 15.0 Å². The maximum Gasteiger partial charge on any atom is 0.433 e. The summed E-state index contributed by atoms with van der Waals surface area (Å²) in [4.78, 5) is 23.1. The van der Waals surface area contributed by atoms with Crippen LogP contribution >= 0.6 is 0 Å². The standard InChI is InChI=1S/C16H14F6N4O/c17-15(18,19)11-5-1-4-10(24-11)14(27)26-6-2-3-9(8-26)13-23-7-12(25-13)16(20,21)22/h1,4-5,7,9H,2-3,6,8H2,(H,23,25). The van der Waals surface area contributed by atoms with Gasteiger partial charge in [-0.25, -0.2) is 9.97 Å². The number of alkyl halides is 6. The van der Waals surface area contributed by atoms with Crippen molar-refractivity contribution in [3.8, 4) is 0 Å². The maximum atomic E-state index is 12.8. The van der Waals surface area contributed by atoms with Crippen molar-refractivity contribution in [2.45, 2.75) is 31.1 Å². The Kier molecular flexibility index (Phi) is 4.87. The second kappa shape index (κ2) is 6.86. The highest BCUT2D eigenvalue weighted by Gasteiger charge is 2.36. The molecule has 0 bridgehead atoms. The summed E-state index contributed by atoms with van der Waals surface area (Å²) in [6.45, 7) is 0.321. The molecule has 3 rings (SSSR count). The highest BCUT2D eigenvalue weighted by atomic mass is 19.4. The Bertz CT molecular complexity index is 829. The molecule has 0 aliphatic carbocycles. The Balaban J connectivity index is 1.76. The number of piperidine rings is 1. The summed E-state index contributed by atoms with van der Waals surface area (Å²) < 4.78 is 76.4. The van der Waals surface area contributed by atoms with Crippen LogP contribution in [-0.2, 0) is 12.4 Å². The first-order valence-corrected chi connectivity index (χ1v) is 8.01. The van der Waals surface area contributed by atoms with E-state index in [0.29, 0.717) is 19.0 Å². The molecule has 0 aromatic carbocycles. The van der Waals surface area contributed by atoms with Gasteiger partial charge in [0.15, 0.2) is 0 Å². The second-order valence-electron chi connectivity index (χ2n) is 6.18. The molecule has 5 nitrogen and oxygen atoms in total. The lowest BCUT2D eigenvalue weighted by Gasteiger charge is -2.31. The fourth-order valence-electron chi connectivity index (χ4n) is 2.95. The van der Waals surface area contributed by atoms with Crippen molar-refractivity contribution < 1.29 is 31.1 Å². The first-order chi connectivity index (χ1) is 12.6. The molecule has 146 valence electrons. The Hall–Kier alpha value is -2.59. The van der Waals surface area contributed by atoms with Crippen LogP contribution in [0.2, 0.25) is 0 Å². The second-order valence-corrected chi connectivity index (χ2v) is 6.18. The number of halogens is 6. The first kappa shape index (κ1) is 19.2. The summed E-state index contributed by atoms with van der Waals surface area (Å²) in [5, 5.41) is 0. The predicted molar refractivity (Wildman–Crippen MR) is 80.7 cm³/mol. The average Bonchev–Trinajstić information content (AvgIpc) is 3.11. The number of imidazole rings is 1. The molecule has 1 aliphatic heterocycles. The molecule has 1 amide bonds. The quantitative estimate of drug-likeness (QED) is 0.790. The number of hydrogen-bond donors (Lipinski definition) is 1. The van der Waals surface area contributed by atoms with Crippen LogP contribution in [0.3, 0.4) is 0 Å². The lowest BCUT2D eigenvalue weighted by molar-refractivity contribution is -0.141. The Labute approximate surface area is 149 Å². The third kappa shape index (κ3) is 4.22. The number of hydrogen-bond acceptors (Lipinski definition) is 3. The molecule has 1 saturated heterocycles. The Morgan fingerprint density at radius 3 is 2.52 bits per heavy atom. The van der Waals surface area contributed by atoms with Gasteiger partial charge in [0.25, 0.3) is 5.91 Å². The summed E-state index contributed by atoms with van der Waals surface area (Å²) in [6.07, 6.45) is -7.56. The number of rotatable bonds is 2. The number of likely N-dealkylation sites (tertiary alicyclic amines) is 1. The van der Waals surface area contributed by atoms with Crippen LogP contribution in [0, 0.1) is 0 Å². The summed E-state index contributed by atoms with van der Waals surface area (Å²) in [5.74, 6) is -1.07. The van der Waals surface area contributed by atoms with E-state index in [-0.39, 0.29) is 24.6 Å². The number of H-pyrrole nitrogens is 1. The number of nitrogens with one attached hydrogen (secondary N) is 1. The van der Waals surface area contributed by atoms with E-state index in [4.69, 9.17) is 0 Å². The SMILES string of the molecule is O=C(c1cccc(C(F)(F)F)n1)N1CCCC(c2ncc(C(F)(F)F)[nH]2)C1. The molecule has 2 aromatic heterocycles. The molecule has 1 unspecified atom stereocenters. The molecule has 0 radical (unpaired) electrons. The van der Waals surface area contributed by atoms with Gasteiger partial charge in [0.2, 0.25) is 0 Å². The van der Waals surface area contributed by atoms with E-state index in [1.807, 2.05) is 0 Å². The van der Waals surface area contributed by atoms with Gasteiger partial charge in [-0.1, -0.05) is 6.07 Å². The number of aromatic amines is 1. The van der Waals surface area contributed by atoms with Gasteiger partial charge in [-0.2, -0.15) is 26.3 Å². The third-order valence-corrected chi connectivity index (χ3v) is 4.25. The third-order valence-electron chi connectivity index (χ3n) is 4.25. The van der Waals surface area contributed by atoms with Gasteiger partial charge < -0.3 is 9.88 Å². The van der Waals surface area contributed by atoms with Crippen molar-refractivity contribution in [3.63, 3.8) is 0 Å². The van der Waals surface area contributed by atoms with Gasteiger partial charge >= 0.3 is 12.4 Å². The molecule has 2 aromatic rings. The molecule has 1 atom stereocenters. The molecule has 1 N–H and O–H groups in total. The smallest absolute Gasteiger partial charge is 0.338 e. The van der Waals surface area contributed by atoms with E-state index in [0.717, 1.165) is 12.1 Å². The number of nitrogens with zero attached hydrogens (tertiary/aromatic N) is 3. The molecule has 3 heterocycles. The van der Waals surface area contributed by atoms with Crippen LogP contribution in [0.1, 0.15) is 46.5 Å². The van der Waals surface area contributed by atoms with Crippen molar-refractivity contribution in [1.82, 2.24) is 19.9 Å². The zero-order valence-electron chi connectivity index (χ0n) is 13.7. The van der Waals surface area contributed by atoms with Crippen LogP contribution < -0.4 is 0 Å². The van der Waals surface area contributed by atoms with Crippen molar-refractivity contribution in [1.29, 1.82) is 0 Å². The maximum absolute atomic E-state index is 12.8. The van der Waals surface area contributed by atoms with Crippen molar-refractivity contribution in [3.05, 3.63) is 47.3 Å². The summed E-state index contributed by atoms with van der Waals surface area (Å²) in [6, 6.07) is 3.03. The number of pyridine rings is 1. The van der Waals surface area contributed by atoms with Crippen LogP contribution in [0.15, 0.2) is 24.4 Å². The van der Waals surface area contributed by atoms with Gasteiger partial charge in [-0.3, -0.25) is 4.79 Å². The number of carbonyl (C=O) groups is 1. The topological polar surface area (TPSA) is 61.9 Å². The Morgan fingerprint density at radius 2 is 1.89 bits per heavy atom. The first-order valence-electron chi connectivity index (χ1n) is 8.01. The normalized spacial score (nSPS) is 18.6. The lowest BCUT2D eigenvalue weighted by atomic mass is 9.97. The number of amides is 1. The summed E-state index contributed by atoms with van der Waals surface area (Å²) >= 11 is 0. The molecular weight excluding hydrogens is 378 g/mol. The Morgan fingerprint density at radius 1 is 1.15 bits per heavy atom. The molecule has 1 fully saturated rings. The van der Waals surface area contributed by atoms with Crippen LogP contribution in [0.25, 0.3) is 0 Å². The largest absolute Gasteiger partial charge is 0.433 e. The van der Waals surface area contributed by atoms with Gasteiger partial charge in [0.1, 0.15) is 22.9 Å². The van der Waals surface area contributed by atoms with E-state index < -0.39 is 35.6 Å². The predicted octanol–water partition coefficient (Wildman–Crippen LogP) is 3.86. The highest BCUT2D eigenvalue weighted by molar-refractivity contribution is 5.92. The average molecular weight is 392 g/mol. The van der Waals surface area contributed by atoms with E-state index in [1.165, 1.54) is 11.0 Å². The minimum atomic E-state index is -4.68. The fraction of sp³-hybridized carbons (Fsp3) is 0.438. The van der Waals surface area contributed by atoms with Crippen molar-refractivity contribution in [2.75, 3.05) is 13.1 Å². The minimum absolute atomic E-state index is 0.0432. The van der Waals surface area contributed by atoms with E-state index in [9.17, 15) is 31.1 Å². The zero-order chi connectivity index (χ0) is 19.8. The molecule has 1 aliphatic rings. The minimum Gasteiger partial charge on any atom is -0.338 e. The van der Waals surface area contributed by atoms with E-state index in [1.54, 1.807) is 0 Å². The van der Waals surface area contributed by atoms with Crippen molar-refractivity contribution in [2.24, 2.45) is 0 Å². The van der Waals surface area contributed by atoms with Gasteiger partial charge in [0.05, 0.1) is 6.20 Å². The number of carbonyl (C=O) groups excluding carboxylic acids is 1. The molecule has 27 heavy (non-hydrogen) atoms. The molecule has 0 saturated carbocycles. The fourth-order valence-corrected chi connectivity index (χ4v) is 2.95. The van der Waals surface area contributed by atoms with Crippen LogP contribution in [0.5, 0.6) is 0 Å². The van der Waals surface area contributed by atoms with E-state index >= 15 is 0 Å². The van der Waals surface area contributed by atoms with Crippen molar-refractivity contribution >= 4 is 5.91 Å². The van der Waals surface area contributed by atoms with Crippen LogP contribution in [-0.4, -0.2) is 38.8 Å². The highest BCUT2D eigenvalue weighted by Crippen LogP contribution is 2.32. The van der Waals surface area contributed by atoms with Gasteiger partial charge in [0, 0.05) is 19.0 Å². The lowest BCUT2D eigenvalue weighted by Crippen LogP contribution is -2.40. The van der Waals surface area contributed by atoms with Gasteiger partial charge in [-0.15, -0.1) is 0 Å². The monoisotopic (exact) mass is 392 g/mol. The van der Waals surface area contributed by atoms with Crippen LogP contribution in [0.4, 0.5) is 26.3 Å². The molecule has 11 heteroatoms. The molecule has 0 spiro atoms.